The van der Waals surface area contributed by atoms with Gasteiger partial charge >= 0.3 is 0 Å². The summed E-state index contributed by atoms with van der Waals surface area (Å²) in [5, 5.41) is 0. The highest BCUT2D eigenvalue weighted by molar-refractivity contribution is 6.04. The number of benzene rings is 2. The Kier molecular flexibility index (Phi) is 8.58. The molecule has 0 spiro atoms. The lowest BCUT2D eigenvalue weighted by Gasteiger charge is -2.17. The summed E-state index contributed by atoms with van der Waals surface area (Å²) < 4.78 is 0. The average Bonchev–Trinajstić information content (AvgIpc) is 2.67. The quantitative estimate of drug-likeness (QED) is 0.392. The molecule has 0 saturated heterocycles. The molecule has 0 aliphatic carbocycles. The summed E-state index contributed by atoms with van der Waals surface area (Å²) in [7, 11) is 0. The predicted molar refractivity (Wildman–Crippen MR) is 135 cm³/mol. The Morgan fingerprint density at radius 2 is 1.07 bits per heavy atom. The molecule has 2 rings (SSSR count). The van der Waals surface area contributed by atoms with Crippen molar-refractivity contribution in [3.63, 3.8) is 0 Å². The summed E-state index contributed by atoms with van der Waals surface area (Å²) in [6.07, 6.45) is 1.79. The van der Waals surface area contributed by atoms with Gasteiger partial charge in [0.05, 0.1) is 11.4 Å². The Balaban J connectivity index is 2.42. The molecule has 0 aliphatic rings. The molecule has 0 aromatic heterocycles. The van der Waals surface area contributed by atoms with Gasteiger partial charge < -0.3 is 0 Å². The third-order valence-electron chi connectivity index (χ3n) is 5.61. The molecular formula is C28H40N2. The maximum absolute atomic E-state index is 5.12. The van der Waals surface area contributed by atoms with Gasteiger partial charge in [0.2, 0.25) is 0 Å². The van der Waals surface area contributed by atoms with Crippen molar-refractivity contribution in [2.75, 3.05) is 0 Å². The number of nitrogens with zero attached hydrogens (tertiary/aromatic N) is 2. The summed E-state index contributed by atoms with van der Waals surface area (Å²) in [6.45, 7) is 19.9. The number of aliphatic imine (C=N–C) groups is 2. The van der Waals surface area contributed by atoms with Gasteiger partial charge in [0, 0.05) is 17.8 Å². The number of hydrogen-bond acceptors (Lipinski definition) is 2. The molecule has 0 fully saturated rings. The highest BCUT2D eigenvalue weighted by atomic mass is 14.8. The van der Waals surface area contributed by atoms with Gasteiger partial charge in [-0.15, -0.1) is 0 Å². The van der Waals surface area contributed by atoms with E-state index in [-0.39, 0.29) is 0 Å². The predicted octanol–water partition coefficient (Wildman–Crippen LogP) is 8.89. The minimum Gasteiger partial charge on any atom is -0.257 e. The standard InChI is InChI=1S/C28H40N2/c1-10-23-13-11-14-24(18(2)3)27(23)29-21(8)17-22(9)30-28-25(19(4)5)15-12-16-26(28)20(6)7/h11-16,18-20H,10,17H2,1-9H3. The summed E-state index contributed by atoms with van der Waals surface area (Å²) in [4.78, 5) is 10.2. The van der Waals surface area contributed by atoms with Gasteiger partial charge in [-0.25, -0.2) is 0 Å². The van der Waals surface area contributed by atoms with Gasteiger partial charge in [-0.3, -0.25) is 9.98 Å². The lowest BCUT2D eigenvalue weighted by Crippen LogP contribution is -2.03. The molecule has 0 radical (unpaired) electrons. The second kappa shape index (κ2) is 10.7. The molecule has 162 valence electrons. The van der Waals surface area contributed by atoms with E-state index in [0.29, 0.717) is 17.8 Å². The molecular weight excluding hydrogens is 364 g/mol. The SMILES string of the molecule is CCc1cccc(C(C)C)c1N=C(C)CC(C)=Nc1c(C(C)C)cccc1C(C)C. The van der Waals surface area contributed by atoms with Crippen molar-refractivity contribution in [1.82, 2.24) is 0 Å². The largest absolute Gasteiger partial charge is 0.257 e. The van der Waals surface area contributed by atoms with Crippen LogP contribution in [0.25, 0.3) is 0 Å². The zero-order valence-corrected chi connectivity index (χ0v) is 20.5. The van der Waals surface area contributed by atoms with Crippen molar-refractivity contribution in [1.29, 1.82) is 0 Å². The van der Waals surface area contributed by atoms with Crippen LogP contribution in [0.2, 0.25) is 0 Å². The number of hydrogen-bond donors (Lipinski definition) is 0. The molecule has 2 aromatic carbocycles. The molecule has 2 heteroatoms. The van der Waals surface area contributed by atoms with Crippen molar-refractivity contribution in [2.24, 2.45) is 9.98 Å². The van der Waals surface area contributed by atoms with Gasteiger partial charge in [-0.05, 0) is 60.3 Å². The maximum atomic E-state index is 5.12. The van der Waals surface area contributed by atoms with E-state index in [1.54, 1.807) is 0 Å². The highest BCUT2D eigenvalue weighted by Crippen LogP contribution is 2.35. The molecule has 0 N–H and O–H groups in total. The van der Waals surface area contributed by atoms with Crippen LogP contribution >= 0.6 is 0 Å². The Hall–Kier alpha value is -2.22. The minimum atomic E-state index is 0.454. The first-order chi connectivity index (χ1) is 14.1. The third kappa shape index (κ3) is 5.90. The molecule has 0 bridgehead atoms. The second-order valence-electron chi connectivity index (χ2n) is 9.33. The molecule has 30 heavy (non-hydrogen) atoms. The fourth-order valence-electron chi connectivity index (χ4n) is 3.97. The first-order valence-corrected chi connectivity index (χ1v) is 11.5. The summed E-state index contributed by atoms with van der Waals surface area (Å²) in [5.74, 6) is 1.37. The van der Waals surface area contributed by atoms with E-state index >= 15 is 0 Å². The minimum absolute atomic E-state index is 0.454. The van der Waals surface area contributed by atoms with Crippen LogP contribution in [0.1, 0.15) is 109 Å². The van der Waals surface area contributed by atoms with Crippen molar-refractivity contribution in [3.05, 3.63) is 58.7 Å². The van der Waals surface area contributed by atoms with E-state index in [0.717, 1.165) is 35.6 Å². The van der Waals surface area contributed by atoms with E-state index in [9.17, 15) is 0 Å². The smallest absolute Gasteiger partial charge is 0.0698 e. The molecule has 2 nitrogen and oxygen atoms in total. The molecule has 0 atom stereocenters. The molecule has 2 aromatic rings. The van der Waals surface area contributed by atoms with E-state index < -0.39 is 0 Å². The van der Waals surface area contributed by atoms with Crippen LogP contribution in [0.4, 0.5) is 11.4 Å². The molecule has 0 amide bonds. The van der Waals surface area contributed by atoms with E-state index in [2.05, 4.69) is 98.7 Å². The van der Waals surface area contributed by atoms with Crippen LogP contribution in [-0.4, -0.2) is 11.4 Å². The maximum Gasteiger partial charge on any atom is 0.0698 e. The number of rotatable bonds is 8. The van der Waals surface area contributed by atoms with Crippen LogP contribution < -0.4 is 0 Å². The van der Waals surface area contributed by atoms with E-state index in [1.165, 1.54) is 22.3 Å². The zero-order valence-electron chi connectivity index (χ0n) is 20.5. The summed E-state index contributed by atoms with van der Waals surface area (Å²) in [5.41, 5.74) is 9.86. The van der Waals surface area contributed by atoms with Crippen LogP contribution in [0, 0.1) is 0 Å². The fourth-order valence-corrected chi connectivity index (χ4v) is 3.97. The Morgan fingerprint density at radius 3 is 1.50 bits per heavy atom. The first-order valence-electron chi connectivity index (χ1n) is 11.5. The van der Waals surface area contributed by atoms with Crippen LogP contribution in [0.5, 0.6) is 0 Å². The third-order valence-corrected chi connectivity index (χ3v) is 5.61. The van der Waals surface area contributed by atoms with E-state index in [1.807, 2.05) is 0 Å². The van der Waals surface area contributed by atoms with Gasteiger partial charge in [-0.1, -0.05) is 84.9 Å². The fraction of sp³-hybridized carbons (Fsp3) is 0.500. The molecule has 0 heterocycles. The van der Waals surface area contributed by atoms with Gasteiger partial charge in [0.25, 0.3) is 0 Å². The Bertz CT molecular complexity index is 888. The van der Waals surface area contributed by atoms with Crippen molar-refractivity contribution in [2.45, 2.75) is 92.9 Å². The second-order valence-corrected chi connectivity index (χ2v) is 9.33. The first kappa shape index (κ1) is 24.1. The Labute approximate surface area is 184 Å². The van der Waals surface area contributed by atoms with Gasteiger partial charge in [-0.2, -0.15) is 0 Å². The number of aryl methyl sites for hydroxylation is 1. The molecule has 0 unspecified atom stereocenters. The lowest BCUT2D eigenvalue weighted by atomic mass is 9.93. The van der Waals surface area contributed by atoms with Gasteiger partial charge in [0.15, 0.2) is 0 Å². The monoisotopic (exact) mass is 404 g/mol. The molecule has 0 saturated carbocycles. The normalized spacial score (nSPS) is 13.1. The summed E-state index contributed by atoms with van der Waals surface area (Å²) >= 11 is 0. The number of para-hydroxylation sites is 2. The van der Waals surface area contributed by atoms with Crippen molar-refractivity contribution in [3.8, 4) is 0 Å². The van der Waals surface area contributed by atoms with Gasteiger partial charge in [0.1, 0.15) is 0 Å². The zero-order chi connectivity index (χ0) is 22.4. The summed E-state index contributed by atoms with van der Waals surface area (Å²) in [6, 6.07) is 13.2. The molecule has 0 aliphatic heterocycles. The van der Waals surface area contributed by atoms with Crippen LogP contribution in [-0.2, 0) is 6.42 Å². The van der Waals surface area contributed by atoms with E-state index in [4.69, 9.17) is 9.98 Å². The topological polar surface area (TPSA) is 24.7 Å². The van der Waals surface area contributed by atoms with Crippen LogP contribution in [0.15, 0.2) is 46.4 Å². The Morgan fingerprint density at radius 1 is 0.667 bits per heavy atom. The average molecular weight is 405 g/mol. The van der Waals surface area contributed by atoms with Crippen LogP contribution in [0.3, 0.4) is 0 Å². The highest BCUT2D eigenvalue weighted by Gasteiger charge is 2.14. The lowest BCUT2D eigenvalue weighted by molar-refractivity contribution is 0.834. The van der Waals surface area contributed by atoms with Crippen molar-refractivity contribution >= 4 is 22.8 Å². The van der Waals surface area contributed by atoms with Crippen molar-refractivity contribution < 1.29 is 0 Å².